The molecule has 3 aromatic carbocycles. The zero-order valence-electron chi connectivity index (χ0n) is 21.5. The fourth-order valence-corrected chi connectivity index (χ4v) is 4.81. The number of anilines is 1. The highest BCUT2D eigenvalue weighted by atomic mass is 79.9. The van der Waals surface area contributed by atoms with Gasteiger partial charge in [0.2, 0.25) is 0 Å². The molecule has 0 unspecified atom stereocenters. The summed E-state index contributed by atoms with van der Waals surface area (Å²) in [6.45, 7) is -0.262. The van der Waals surface area contributed by atoms with Gasteiger partial charge >= 0.3 is 5.97 Å². The lowest BCUT2D eigenvalue weighted by atomic mass is 9.95. The number of rotatable bonds is 8. The number of methoxy groups -OCH3 is 4. The zero-order chi connectivity index (χ0) is 28.3. The average Bonchev–Trinajstić information content (AvgIpc) is 2.96. The molecule has 2 N–H and O–H groups in total. The molecular weight excluding hydrogens is 570 g/mol. The number of ether oxygens (including phenoxy) is 5. The smallest absolute Gasteiger partial charge is 0.355 e. The maximum absolute atomic E-state index is 14.1. The summed E-state index contributed by atoms with van der Waals surface area (Å²) >= 11 is 3.47. The maximum atomic E-state index is 14.1. The molecule has 200 valence electrons. The van der Waals surface area contributed by atoms with Crippen molar-refractivity contribution in [2.45, 2.75) is 0 Å². The van der Waals surface area contributed by atoms with Crippen LogP contribution >= 0.6 is 15.9 Å². The largest absolute Gasteiger partial charge is 0.495 e. The van der Waals surface area contributed by atoms with E-state index in [2.05, 4.69) is 15.9 Å². The molecule has 0 spiro atoms. The van der Waals surface area contributed by atoms with Crippen LogP contribution in [0.15, 0.2) is 57.8 Å². The highest BCUT2D eigenvalue weighted by Crippen LogP contribution is 2.43. The molecule has 0 aliphatic carbocycles. The number of benzene rings is 3. The summed E-state index contributed by atoms with van der Waals surface area (Å²) in [4.78, 5) is 27.5. The lowest BCUT2D eigenvalue weighted by Crippen LogP contribution is -2.27. The minimum atomic E-state index is -0.759. The van der Waals surface area contributed by atoms with Crippen LogP contribution in [-0.2, 0) is 4.74 Å². The van der Waals surface area contributed by atoms with Gasteiger partial charge in [0.25, 0.3) is 5.56 Å². The van der Waals surface area contributed by atoms with E-state index in [4.69, 9.17) is 34.7 Å². The minimum Gasteiger partial charge on any atom is -0.495 e. The molecule has 0 aliphatic rings. The molecule has 1 heterocycles. The van der Waals surface area contributed by atoms with Gasteiger partial charge in [0, 0.05) is 22.3 Å². The van der Waals surface area contributed by atoms with Gasteiger partial charge in [-0.3, -0.25) is 9.36 Å². The lowest BCUT2D eigenvalue weighted by Gasteiger charge is -2.21. The van der Waals surface area contributed by atoms with Gasteiger partial charge in [-0.25, -0.2) is 4.79 Å². The Hall–Kier alpha value is -4.69. The third-order valence-electron chi connectivity index (χ3n) is 6.02. The van der Waals surface area contributed by atoms with Gasteiger partial charge in [0.05, 0.1) is 33.8 Å². The molecule has 4 rings (SSSR count). The van der Waals surface area contributed by atoms with Crippen molar-refractivity contribution in [2.75, 3.05) is 40.8 Å². The summed E-state index contributed by atoms with van der Waals surface area (Å²) in [5.41, 5.74) is 7.02. The number of pyridine rings is 1. The Morgan fingerprint density at radius 3 is 2.05 bits per heavy atom. The Labute approximate surface area is 232 Å². The van der Waals surface area contributed by atoms with Crippen LogP contribution in [0, 0.1) is 11.3 Å². The number of nitrogens with two attached hydrogens (primary N) is 1. The number of halogens is 1. The van der Waals surface area contributed by atoms with E-state index in [9.17, 15) is 9.59 Å². The van der Waals surface area contributed by atoms with E-state index in [1.165, 1.54) is 39.1 Å². The number of nitriles is 1. The van der Waals surface area contributed by atoms with Crippen LogP contribution < -0.4 is 30.2 Å². The molecule has 0 bridgehead atoms. The summed E-state index contributed by atoms with van der Waals surface area (Å²) in [5.74, 6) is 0.551. The fraction of sp³-hybridized carbons (Fsp3) is 0.179. The van der Waals surface area contributed by atoms with E-state index < -0.39 is 11.5 Å². The molecular formula is C28H24BrN3O7. The molecule has 4 aromatic rings. The molecule has 11 heteroatoms. The van der Waals surface area contributed by atoms with E-state index in [1.54, 1.807) is 42.5 Å². The van der Waals surface area contributed by atoms with Crippen molar-refractivity contribution in [1.82, 2.24) is 4.57 Å². The summed E-state index contributed by atoms with van der Waals surface area (Å²) in [6, 6.07) is 14.9. The van der Waals surface area contributed by atoms with Crippen molar-refractivity contribution in [1.29, 1.82) is 5.26 Å². The summed E-state index contributed by atoms with van der Waals surface area (Å²) in [6.07, 6.45) is 0. The number of aromatic nitrogens is 1. The van der Waals surface area contributed by atoms with Crippen molar-refractivity contribution in [3.63, 3.8) is 0 Å². The molecule has 39 heavy (non-hydrogen) atoms. The third-order valence-corrected chi connectivity index (χ3v) is 6.81. The van der Waals surface area contributed by atoms with Crippen molar-refractivity contribution in [3.8, 4) is 45.9 Å². The van der Waals surface area contributed by atoms with E-state index in [-0.39, 0.29) is 29.2 Å². The van der Waals surface area contributed by atoms with E-state index in [0.29, 0.717) is 43.9 Å². The Morgan fingerprint density at radius 2 is 1.51 bits per heavy atom. The standard InChI is InChI=1S/C28H24BrN3O7/c1-35-20-13-18-19(14-21(20)39-10-9-30)27(33)32(17-7-5-16(31)6-8-17)26(28(34)38-4)24(18)15-11-22(36-2)25(29)23(12-15)37-3/h5-8,11-14H,10,31H2,1-4H3. The molecule has 0 fully saturated rings. The average molecular weight is 594 g/mol. The molecule has 0 saturated carbocycles. The zero-order valence-corrected chi connectivity index (χ0v) is 23.1. The van der Waals surface area contributed by atoms with Gasteiger partial charge < -0.3 is 29.4 Å². The van der Waals surface area contributed by atoms with Crippen molar-refractivity contribution < 1.29 is 28.5 Å². The monoisotopic (exact) mass is 593 g/mol. The van der Waals surface area contributed by atoms with Crippen LogP contribution in [0.4, 0.5) is 5.69 Å². The van der Waals surface area contributed by atoms with Crippen molar-refractivity contribution in [2.24, 2.45) is 0 Å². The first-order chi connectivity index (χ1) is 18.8. The van der Waals surface area contributed by atoms with Gasteiger partial charge in [-0.2, -0.15) is 5.26 Å². The SMILES string of the molecule is COC(=O)c1c(-c2cc(OC)c(Br)c(OC)c2)c2cc(OC)c(OCC#N)cc2c(=O)n1-c1ccc(N)cc1. The quantitative estimate of drug-likeness (QED) is 0.227. The van der Waals surface area contributed by atoms with Crippen LogP contribution in [0.1, 0.15) is 10.5 Å². The van der Waals surface area contributed by atoms with Gasteiger partial charge in [-0.15, -0.1) is 0 Å². The van der Waals surface area contributed by atoms with Crippen molar-refractivity contribution >= 4 is 38.4 Å². The fourth-order valence-electron chi connectivity index (χ4n) is 4.25. The normalized spacial score (nSPS) is 10.6. The predicted octanol–water partition coefficient (Wildman–Crippen LogP) is 4.72. The Balaban J connectivity index is 2.28. The highest BCUT2D eigenvalue weighted by molar-refractivity contribution is 9.10. The Kier molecular flexibility index (Phi) is 7.97. The Morgan fingerprint density at radius 1 is 0.923 bits per heavy atom. The second kappa shape index (κ2) is 11.4. The molecule has 10 nitrogen and oxygen atoms in total. The third kappa shape index (κ3) is 4.94. The molecule has 0 atom stereocenters. The lowest BCUT2D eigenvalue weighted by molar-refractivity contribution is 0.0591. The summed E-state index contributed by atoms with van der Waals surface area (Å²) < 4.78 is 29.1. The van der Waals surface area contributed by atoms with E-state index in [1.807, 2.05) is 6.07 Å². The second-order valence-corrected chi connectivity index (χ2v) is 8.93. The van der Waals surface area contributed by atoms with Crippen LogP contribution in [-0.4, -0.2) is 45.6 Å². The minimum absolute atomic E-state index is 0.0426. The first-order valence-electron chi connectivity index (χ1n) is 11.5. The van der Waals surface area contributed by atoms with Crippen LogP contribution in [0.5, 0.6) is 23.0 Å². The van der Waals surface area contributed by atoms with Crippen LogP contribution in [0.3, 0.4) is 0 Å². The number of carbonyl (C=O) groups excluding carboxylic acids is 1. The molecule has 0 saturated heterocycles. The molecule has 1 aromatic heterocycles. The van der Waals surface area contributed by atoms with Crippen LogP contribution in [0.2, 0.25) is 0 Å². The summed E-state index contributed by atoms with van der Waals surface area (Å²) in [7, 11) is 5.67. The topological polar surface area (TPSA) is 135 Å². The first-order valence-corrected chi connectivity index (χ1v) is 12.2. The van der Waals surface area contributed by atoms with Gasteiger partial charge in [-0.05, 0) is 70.0 Å². The number of carbonyl (C=O) groups is 1. The first kappa shape index (κ1) is 27.3. The second-order valence-electron chi connectivity index (χ2n) is 8.14. The highest BCUT2D eigenvalue weighted by Gasteiger charge is 2.28. The van der Waals surface area contributed by atoms with E-state index >= 15 is 0 Å². The molecule has 0 amide bonds. The number of fused-ring (bicyclic) bond motifs is 1. The number of nitrogen functional groups attached to an aromatic ring is 1. The maximum Gasteiger partial charge on any atom is 0.355 e. The summed E-state index contributed by atoms with van der Waals surface area (Å²) in [5, 5.41) is 9.61. The number of nitrogens with zero attached hydrogens (tertiary/aromatic N) is 2. The number of hydrogen-bond acceptors (Lipinski definition) is 9. The van der Waals surface area contributed by atoms with Crippen molar-refractivity contribution in [3.05, 3.63) is 69.1 Å². The molecule has 0 radical (unpaired) electrons. The predicted molar refractivity (Wildman–Crippen MR) is 149 cm³/mol. The van der Waals surface area contributed by atoms with Crippen LogP contribution in [0.25, 0.3) is 27.6 Å². The number of esters is 1. The Bertz CT molecular complexity index is 1650. The number of hydrogen-bond donors (Lipinski definition) is 1. The van der Waals surface area contributed by atoms with Gasteiger partial charge in [-0.1, -0.05) is 0 Å². The molecule has 0 aliphatic heterocycles. The van der Waals surface area contributed by atoms with Gasteiger partial charge in [0.15, 0.2) is 18.1 Å². The van der Waals surface area contributed by atoms with Gasteiger partial charge in [0.1, 0.15) is 27.7 Å². The van der Waals surface area contributed by atoms with E-state index in [0.717, 1.165) is 0 Å².